The third-order valence-corrected chi connectivity index (χ3v) is 3.35. The molecule has 0 heterocycles. The highest BCUT2D eigenvalue weighted by Crippen LogP contribution is 2.51. The highest BCUT2D eigenvalue weighted by atomic mass is 16.6. The van der Waals surface area contributed by atoms with Crippen LogP contribution in [0.15, 0.2) is 0 Å². The normalized spacial score (nSPS) is 38.4. The van der Waals surface area contributed by atoms with E-state index < -0.39 is 5.60 Å². The number of alkyl carbamates (subject to hydrolysis) is 1. The minimum Gasteiger partial charge on any atom is -0.444 e. The standard InChI is InChI=1S/C11H20N2O2/c1-10(2,3)15-9(14)13-11-5-7(6-11)4-8(11)12/h7-8H,4-6,12H2,1-3H3,(H,13,14). The number of carbonyl (C=O) groups excluding carboxylic acids is 1. The lowest BCUT2D eigenvalue weighted by molar-refractivity contribution is 0.0384. The van der Waals surface area contributed by atoms with E-state index in [0.29, 0.717) is 0 Å². The van der Waals surface area contributed by atoms with Gasteiger partial charge in [-0.1, -0.05) is 0 Å². The smallest absolute Gasteiger partial charge is 0.408 e. The molecule has 4 heteroatoms. The first kappa shape index (κ1) is 10.7. The van der Waals surface area contributed by atoms with E-state index in [9.17, 15) is 4.79 Å². The number of nitrogens with two attached hydrogens (primary N) is 1. The Morgan fingerprint density at radius 2 is 2.07 bits per heavy atom. The van der Waals surface area contributed by atoms with Gasteiger partial charge in [0.1, 0.15) is 5.60 Å². The molecule has 3 aliphatic carbocycles. The van der Waals surface area contributed by atoms with E-state index in [1.165, 1.54) is 0 Å². The monoisotopic (exact) mass is 212 g/mol. The molecule has 1 amide bonds. The zero-order chi connectivity index (χ0) is 11.3. The van der Waals surface area contributed by atoms with Crippen LogP contribution in [0.25, 0.3) is 0 Å². The molecular weight excluding hydrogens is 192 g/mol. The Morgan fingerprint density at radius 3 is 2.47 bits per heavy atom. The van der Waals surface area contributed by atoms with Gasteiger partial charge in [-0.25, -0.2) is 4.79 Å². The van der Waals surface area contributed by atoms with Crippen LogP contribution < -0.4 is 11.1 Å². The molecule has 0 aromatic carbocycles. The van der Waals surface area contributed by atoms with Crippen molar-refractivity contribution in [3.63, 3.8) is 0 Å². The van der Waals surface area contributed by atoms with Crippen molar-refractivity contribution in [2.75, 3.05) is 0 Å². The molecule has 3 rings (SSSR count). The van der Waals surface area contributed by atoms with Gasteiger partial charge in [-0.15, -0.1) is 0 Å². The van der Waals surface area contributed by atoms with Gasteiger partial charge in [0, 0.05) is 6.04 Å². The molecule has 0 aromatic rings. The number of fused-ring (bicyclic) bond motifs is 1. The molecule has 0 aromatic heterocycles. The van der Waals surface area contributed by atoms with Crippen molar-refractivity contribution >= 4 is 6.09 Å². The van der Waals surface area contributed by atoms with Crippen molar-refractivity contribution < 1.29 is 9.53 Å². The summed E-state index contributed by atoms with van der Waals surface area (Å²) in [7, 11) is 0. The summed E-state index contributed by atoms with van der Waals surface area (Å²) in [5.74, 6) is 0.718. The maximum Gasteiger partial charge on any atom is 0.408 e. The van der Waals surface area contributed by atoms with Gasteiger partial charge in [-0.2, -0.15) is 0 Å². The number of rotatable bonds is 1. The lowest BCUT2D eigenvalue weighted by Gasteiger charge is -2.41. The molecule has 0 radical (unpaired) electrons. The van der Waals surface area contributed by atoms with Crippen LogP contribution in [0.2, 0.25) is 0 Å². The number of carbonyl (C=O) groups is 1. The van der Waals surface area contributed by atoms with E-state index in [1.807, 2.05) is 20.8 Å². The molecule has 4 nitrogen and oxygen atoms in total. The molecule has 2 bridgehead atoms. The summed E-state index contributed by atoms with van der Waals surface area (Å²) >= 11 is 0. The van der Waals surface area contributed by atoms with E-state index in [0.717, 1.165) is 25.2 Å². The van der Waals surface area contributed by atoms with E-state index >= 15 is 0 Å². The fourth-order valence-electron chi connectivity index (χ4n) is 2.73. The fraction of sp³-hybridized carbons (Fsp3) is 0.909. The molecule has 0 spiro atoms. The first-order valence-electron chi connectivity index (χ1n) is 5.57. The summed E-state index contributed by atoms with van der Waals surface area (Å²) in [5, 5.41) is 2.94. The lowest BCUT2D eigenvalue weighted by atomic mass is 9.76. The van der Waals surface area contributed by atoms with Crippen molar-refractivity contribution in [3.8, 4) is 0 Å². The van der Waals surface area contributed by atoms with Crippen LogP contribution in [0, 0.1) is 5.92 Å². The van der Waals surface area contributed by atoms with Crippen LogP contribution >= 0.6 is 0 Å². The number of nitrogens with one attached hydrogen (secondary N) is 1. The van der Waals surface area contributed by atoms with Crippen LogP contribution in [-0.4, -0.2) is 23.3 Å². The van der Waals surface area contributed by atoms with Gasteiger partial charge in [0.15, 0.2) is 0 Å². The van der Waals surface area contributed by atoms with Crippen molar-refractivity contribution in [1.82, 2.24) is 5.32 Å². The first-order valence-corrected chi connectivity index (χ1v) is 5.57. The van der Waals surface area contributed by atoms with Gasteiger partial charge in [0.25, 0.3) is 0 Å². The minimum absolute atomic E-state index is 0.106. The minimum atomic E-state index is -0.438. The van der Waals surface area contributed by atoms with Gasteiger partial charge in [0.05, 0.1) is 5.54 Å². The quantitative estimate of drug-likeness (QED) is 0.690. The van der Waals surface area contributed by atoms with Gasteiger partial charge in [-0.05, 0) is 46.0 Å². The Hall–Kier alpha value is -0.770. The SMILES string of the molecule is CC(C)(C)OC(=O)NC12CC(CC1N)C2. The number of hydrogen-bond donors (Lipinski definition) is 2. The summed E-state index contributed by atoms with van der Waals surface area (Å²) in [4.78, 5) is 11.6. The molecule has 3 fully saturated rings. The third kappa shape index (κ3) is 1.95. The third-order valence-electron chi connectivity index (χ3n) is 3.35. The second-order valence-corrected chi connectivity index (χ2v) is 5.90. The molecule has 1 atom stereocenters. The Morgan fingerprint density at radius 1 is 1.47 bits per heavy atom. The van der Waals surface area contributed by atoms with Crippen molar-refractivity contribution in [2.24, 2.45) is 11.7 Å². The molecule has 3 N–H and O–H groups in total. The second-order valence-electron chi connectivity index (χ2n) is 5.90. The summed E-state index contributed by atoms with van der Waals surface area (Å²) < 4.78 is 5.23. The number of amides is 1. The molecule has 3 saturated carbocycles. The topological polar surface area (TPSA) is 64.3 Å². The molecule has 86 valence electrons. The molecule has 0 saturated heterocycles. The Kier molecular flexibility index (Phi) is 2.23. The number of hydrogen-bond acceptors (Lipinski definition) is 3. The lowest BCUT2D eigenvalue weighted by Crippen LogP contribution is -2.60. The van der Waals surface area contributed by atoms with Gasteiger partial charge in [-0.3, -0.25) is 0 Å². The van der Waals surface area contributed by atoms with Gasteiger partial charge in [0.2, 0.25) is 0 Å². The zero-order valence-electron chi connectivity index (χ0n) is 9.67. The van der Waals surface area contributed by atoms with Crippen molar-refractivity contribution in [2.45, 2.75) is 57.2 Å². The predicted octanol–water partition coefficient (Wildman–Crippen LogP) is 1.39. The number of ether oxygens (including phenoxy) is 1. The Bertz CT molecular complexity index is 277. The van der Waals surface area contributed by atoms with Crippen molar-refractivity contribution in [3.05, 3.63) is 0 Å². The largest absolute Gasteiger partial charge is 0.444 e. The van der Waals surface area contributed by atoms with Crippen LogP contribution in [0.1, 0.15) is 40.0 Å². The van der Waals surface area contributed by atoms with E-state index in [-0.39, 0.29) is 17.7 Å². The van der Waals surface area contributed by atoms with Crippen LogP contribution in [-0.2, 0) is 4.74 Å². The highest BCUT2D eigenvalue weighted by Gasteiger charge is 2.57. The van der Waals surface area contributed by atoms with Gasteiger partial charge < -0.3 is 15.8 Å². The van der Waals surface area contributed by atoms with E-state index in [2.05, 4.69) is 5.32 Å². The summed E-state index contributed by atoms with van der Waals surface area (Å²) in [6.45, 7) is 5.59. The molecule has 1 unspecified atom stereocenters. The average Bonchev–Trinajstić information content (AvgIpc) is 2.35. The predicted molar refractivity (Wildman–Crippen MR) is 57.4 cm³/mol. The second kappa shape index (κ2) is 3.11. The maximum atomic E-state index is 11.6. The van der Waals surface area contributed by atoms with Gasteiger partial charge >= 0.3 is 6.09 Å². The first-order chi connectivity index (χ1) is 6.81. The summed E-state index contributed by atoms with van der Waals surface area (Å²) in [5.41, 5.74) is 5.40. The molecule has 3 aliphatic rings. The highest BCUT2D eigenvalue weighted by molar-refractivity contribution is 5.69. The van der Waals surface area contributed by atoms with Crippen LogP contribution in [0.4, 0.5) is 4.79 Å². The summed E-state index contributed by atoms with van der Waals surface area (Å²) in [6.07, 6.45) is 2.75. The molecular formula is C11H20N2O2. The Balaban J connectivity index is 1.90. The average molecular weight is 212 g/mol. The summed E-state index contributed by atoms with van der Waals surface area (Å²) in [6, 6.07) is 0.106. The fourth-order valence-corrected chi connectivity index (χ4v) is 2.73. The zero-order valence-corrected chi connectivity index (χ0v) is 9.67. The van der Waals surface area contributed by atoms with E-state index in [1.54, 1.807) is 0 Å². The molecule has 15 heavy (non-hydrogen) atoms. The maximum absolute atomic E-state index is 11.6. The van der Waals surface area contributed by atoms with Crippen molar-refractivity contribution in [1.29, 1.82) is 0 Å². The molecule has 0 aliphatic heterocycles. The van der Waals surface area contributed by atoms with Crippen LogP contribution in [0.5, 0.6) is 0 Å². The van der Waals surface area contributed by atoms with Crippen LogP contribution in [0.3, 0.4) is 0 Å². The van der Waals surface area contributed by atoms with E-state index in [4.69, 9.17) is 10.5 Å². The Labute approximate surface area is 90.5 Å².